The van der Waals surface area contributed by atoms with Crippen LogP contribution in [0.2, 0.25) is 0 Å². The van der Waals surface area contributed by atoms with Gasteiger partial charge in [0, 0.05) is 31.9 Å². The van der Waals surface area contributed by atoms with Crippen LogP contribution in [0.25, 0.3) is 0 Å². The van der Waals surface area contributed by atoms with E-state index in [2.05, 4.69) is 16.9 Å². The summed E-state index contributed by atoms with van der Waals surface area (Å²) in [6.07, 6.45) is 4.85. The number of piperidine rings is 1. The minimum Gasteiger partial charge on any atom is -0.382 e. The molecule has 2 rings (SSSR count). The molecule has 19 heavy (non-hydrogen) atoms. The maximum Gasteiger partial charge on any atom is 0.221 e. The smallest absolute Gasteiger partial charge is 0.221 e. The molecule has 2 heterocycles. The summed E-state index contributed by atoms with van der Waals surface area (Å²) in [6, 6.07) is 2.32. The third-order valence-corrected chi connectivity index (χ3v) is 3.91. The third-order valence-electron chi connectivity index (χ3n) is 3.91. The Kier molecular flexibility index (Phi) is 4.42. The van der Waals surface area contributed by atoms with Crippen molar-refractivity contribution in [3.05, 3.63) is 12.3 Å². The fraction of sp³-hybridized carbons (Fsp3) is 0.692. The van der Waals surface area contributed by atoms with Gasteiger partial charge in [-0.1, -0.05) is 0 Å². The molecule has 1 aromatic heterocycles. The van der Waals surface area contributed by atoms with E-state index in [0.717, 1.165) is 38.9 Å². The van der Waals surface area contributed by atoms with Crippen LogP contribution in [0, 0.1) is 5.92 Å². The van der Waals surface area contributed by atoms with E-state index in [9.17, 15) is 4.79 Å². The SMILES string of the molecule is CC1CCC(C(N)=O)CN1CCCn1ccc(N)n1. The maximum absolute atomic E-state index is 11.3. The lowest BCUT2D eigenvalue weighted by Gasteiger charge is -2.36. The minimum atomic E-state index is -0.170. The summed E-state index contributed by atoms with van der Waals surface area (Å²) >= 11 is 0. The molecule has 6 heteroatoms. The number of primary amides is 1. The van der Waals surface area contributed by atoms with Crippen molar-refractivity contribution in [2.45, 2.75) is 38.8 Å². The van der Waals surface area contributed by atoms with Gasteiger partial charge in [-0.3, -0.25) is 14.4 Å². The molecular formula is C13H23N5O. The summed E-state index contributed by atoms with van der Waals surface area (Å²) in [5.41, 5.74) is 11.0. The zero-order valence-electron chi connectivity index (χ0n) is 11.5. The lowest BCUT2D eigenvalue weighted by Crippen LogP contribution is -2.46. The van der Waals surface area contributed by atoms with Crippen LogP contribution in [0.15, 0.2) is 12.3 Å². The highest BCUT2D eigenvalue weighted by Gasteiger charge is 2.27. The Bertz CT molecular complexity index is 430. The second-order valence-electron chi connectivity index (χ2n) is 5.38. The largest absolute Gasteiger partial charge is 0.382 e. The highest BCUT2D eigenvalue weighted by Crippen LogP contribution is 2.21. The summed E-state index contributed by atoms with van der Waals surface area (Å²) in [5.74, 6) is 0.397. The molecule has 1 fully saturated rings. The summed E-state index contributed by atoms with van der Waals surface area (Å²) in [7, 11) is 0. The molecule has 1 saturated heterocycles. The predicted molar refractivity (Wildman–Crippen MR) is 74.2 cm³/mol. The first kappa shape index (κ1) is 13.9. The maximum atomic E-state index is 11.3. The summed E-state index contributed by atoms with van der Waals surface area (Å²) in [4.78, 5) is 13.6. The van der Waals surface area contributed by atoms with Crippen molar-refractivity contribution in [2.24, 2.45) is 11.7 Å². The van der Waals surface area contributed by atoms with Gasteiger partial charge in [-0.2, -0.15) is 5.10 Å². The fourth-order valence-electron chi connectivity index (χ4n) is 2.66. The second-order valence-corrected chi connectivity index (χ2v) is 5.38. The van der Waals surface area contributed by atoms with E-state index >= 15 is 0 Å². The number of nitrogen functional groups attached to an aromatic ring is 1. The van der Waals surface area contributed by atoms with Crippen molar-refractivity contribution in [1.82, 2.24) is 14.7 Å². The summed E-state index contributed by atoms with van der Waals surface area (Å²) < 4.78 is 1.86. The molecule has 1 amide bonds. The molecule has 0 spiro atoms. The monoisotopic (exact) mass is 265 g/mol. The lowest BCUT2D eigenvalue weighted by atomic mass is 9.93. The molecule has 0 aromatic carbocycles. The van der Waals surface area contributed by atoms with E-state index in [1.165, 1.54) is 0 Å². The van der Waals surface area contributed by atoms with Crippen LogP contribution in [-0.2, 0) is 11.3 Å². The van der Waals surface area contributed by atoms with Crippen molar-refractivity contribution in [3.63, 3.8) is 0 Å². The van der Waals surface area contributed by atoms with Crippen molar-refractivity contribution in [1.29, 1.82) is 0 Å². The number of likely N-dealkylation sites (tertiary alicyclic amines) is 1. The van der Waals surface area contributed by atoms with Crippen LogP contribution in [-0.4, -0.2) is 39.7 Å². The van der Waals surface area contributed by atoms with E-state index in [1.807, 2.05) is 10.9 Å². The van der Waals surface area contributed by atoms with E-state index in [1.54, 1.807) is 6.07 Å². The molecule has 2 atom stereocenters. The van der Waals surface area contributed by atoms with Crippen molar-refractivity contribution in [3.8, 4) is 0 Å². The Labute approximate surface area is 113 Å². The average Bonchev–Trinajstić information content (AvgIpc) is 2.77. The molecule has 1 aromatic rings. The molecule has 2 unspecified atom stereocenters. The van der Waals surface area contributed by atoms with Gasteiger partial charge in [0.2, 0.25) is 5.91 Å². The number of carbonyl (C=O) groups is 1. The fourth-order valence-corrected chi connectivity index (χ4v) is 2.66. The molecule has 0 bridgehead atoms. The minimum absolute atomic E-state index is 0.0107. The summed E-state index contributed by atoms with van der Waals surface area (Å²) in [5, 5.41) is 4.16. The van der Waals surface area contributed by atoms with E-state index in [0.29, 0.717) is 11.9 Å². The van der Waals surface area contributed by atoms with E-state index in [4.69, 9.17) is 11.5 Å². The second kappa shape index (κ2) is 6.06. The topological polar surface area (TPSA) is 90.2 Å². The number of hydrogen-bond acceptors (Lipinski definition) is 4. The highest BCUT2D eigenvalue weighted by atomic mass is 16.1. The first-order valence-electron chi connectivity index (χ1n) is 6.88. The first-order chi connectivity index (χ1) is 9.06. The van der Waals surface area contributed by atoms with Crippen molar-refractivity contribution in [2.75, 3.05) is 18.8 Å². The van der Waals surface area contributed by atoms with Gasteiger partial charge in [0.05, 0.1) is 5.92 Å². The molecule has 6 nitrogen and oxygen atoms in total. The predicted octanol–water partition coefficient (Wildman–Crippen LogP) is 0.441. The van der Waals surface area contributed by atoms with Gasteiger partial charge in [0.1, 0.15) is 5.82 Å². The molecule has 0 aliphatic carbocycles. The van der Waals surface area contributed by atoms with Crippen LogP contribution in [0.1, 0.15) is 26.2 Å². The molecular weight excluding hydrogens is 242 g/mol. The number of carbonyl (C=O) groups excluding carboxylic acids is 1. The van der Waals surface area contributed by atoms with Gasteiger partial charge in [0.25, 0.3) is 0 Å². The lowest BCUT2D eigenvalue weighted by molar-refractivity contribution is -0.123. The van der Waals surface area contributed by atoms with Crippen LogP contribution in [0.4, 0.5) is 5.82 Å². The van der Waals surface area contributed by atoms with Crippen molar-refractivity contribution < 1.29 is 4.79 Å². The Morgan fingerprint density at radius 2 is 2.26 bits per heavy atom. The number of rotatable bonds is 5. The van der Waals surface area contributed by atoms with Gasteiger partial charge < -0.3 is 11.5 Å². The quantitative estimate of drug-likeness (QED) is 0.808. The van der Waals surface area contributed by atoms with Crippen LogP contribution in [0.3, 0.4) is 0 Å². The summed E-state index contributed by atoms with van der Waals surface area (Å²) in [6.45, 7) is 4.81. The Morgan fingerprint density at radius 1 is 1.47 bits per heavy atom. The number of nitrogens with zero attached hydrogens (tertiary/aromatic N) is 3. The Balaban J connectivity index is 1.79. The van der Waals surface area contributed by atoms with E-state index in [-0.39, 0.29) is 11.8 Å². The Hall–Kier alpha value is -1.56. The van der Waals surface area contributed by atoms with Gasteiger partial charge >= 0.3 is 0 Å². The molecule has 106 valence electrons. The molecule has 1 aliphatic rings. The molecule has 0 radical (unpaired) electrons. The van der Waals surface area contributed by atoms with Gasteiger partial charge in [-0.05, 0) is 32.3 Å². The number of aryl methyl sites for hydroxylation is 1. The molecule has 4 N–H and O–H groups in total. The van der Waals surface area contributed by atoms with Crippen LogP contribution in [0.5, 0.6) is 0 Å². The number of anilines is 1. The van der Waals surface area contributed by atoms with Gasteiger partial charge in [-0.25, -0.2) is 0 Å². The standard InChI is InChI=1S/C13H23N5O/c1-10-3-4-11(13(15)19)9-17(10)6-2-7-18-8-5-12(14)16-18/h5,8,10-11H,2-4,6-7,9H2,1H3,(H2,14,16)(H2,15,19). The molecule has 1 aliphatic heterocycles. The Morgan fingerprint density at radius 3 is 2.89 bits per heavy atom. The zero-order chi connectivity index (χ0) is 13.8. The zero-order valence-corrected chi connectivity index (χ0v) is 11.5. The van der Waals surface area contributed by atoms with E-state index < -0.39 is 0 Å². The molecule has 0 saturated carbocycles. The van der Waals surface area contributed by atoms with Crippen LogP contribution < -0.4 is 11.5 Å². The number of aromatic nitrogens is 2. The number of nitrogens with two attached hydrogens (primary N) is 2. The third kappa shape index (κ3) is 3.70. The first-order valence-corrected chi connectivity index (χ1v) is 6.88. The van der Waals surface area contributed by atoms with Crippen molar-refractivity contribution >= 4 is 11.7 Å². The van der Waals surface area contributed by atoms with Gasteiger partial charge in [-0.15, -0.1) is 0 Å². The van der Waals surface area contributed by atoms with Gasteiger partial charge in [0.15, 0.2) is 0 Å². The van der Waals surface area contributed by atoms with Crippen LogP contribution >= 0.6 is 0 Å². The number of amides is 1. The normalized spacial score (nSPS) is 24.5. The number of hydrogen-bond donors (Lipinski definition) is 2. The average molecular weight is 265 g/mol. The highest BCUT2D eigenvalue weighted by molar-refractivity contribution is 5.76.